The number of carbonyl (C=O) groups excluding carboxylic acids is 1. The number of ether oxygens (including phenoxy) is 1. The van der Waals surface area contributed by atoms with E-state index in [9.17, 15) is 4.79 Å². The molecule has 1 aromatic carbocycles. The van der Waals surface area contributed by atoms with Gasteiger partial charge in [0.05, 0.1) is 7.11 Å². The minimum absolute atomic E-state index is 0.0322. The molecule has 0 saturated carbocycles. The Morgan fingerprint density at radius 2 is 1.86 bits per heavy atom. The van der Waals surface area contributed by atoms with Crippen molar-refractivity contribution in [2.24, 2.45) is 0 Å². The number of nitrogens with one attached hydrogen (secondary N) is 1. The molecule has 0 aliphatic rings. The molecular weight excluding hydrogens is 264 g/mol. The van der Waals surface area contributed by atoms with Gasteiger partial charge in [-0.3, -0.25) is 9.78 Å². The number of carbonyl (C=O) groups is 1. The van der Waals surface area contributed by atoms with Crippen LogP contribution in [0.25, 0.3) is 0 Å². The number of hydrogen-bond donors (Lipinski definition) is 1. The topological polar surface area (TPSA) is 51.2 Å². The van der Waals surface area contributed by atoms with Gasteiger partial charge in [0.2, 0.25) is 0 Å². The smallest absolute Gasteiger partial charge is 0.187 e. The number of methoxy groups -OCH3 is 1. The van der Waals surface area contributed by atoms with E-state index in [1.807, 2.05) is 31.2 Å². The number of anilines is 1. The summed E-state index contributed by atoms with van der Waals surface area (Å²) in [6.07, 6.45) is 5.59. The zero-order valence-electron chi connectivity index (χ0n) is 12.2. The maximum atomic E-state index is 12.1. The van der Waals surface area contributed by atoms with E-state index in [-0.39, 0.29) is 5.78 Å². The van der Waals surface area contributed by atoms with Gasteiger partial charge < -0.3 is 10.1 Å². The Bertz CT molecular complexity index is 619. The number of pyridine rings is 1. The third-order valence-corrected chi connectivity index (χ3v) is 3.05. The highest BCUT2D eigenvalue weighted by Crippen LogP contribution is 2.17. The van der Waals surface area contributed by atoms with Crippen molar-refractivity contribution < 1.29 is 9.53 Å². The molecule has 0 spiro atoms. The fourth-order valence-corrected chi connectivity index (χ4v) is 1.84. The van der Waals surface area contributed by atoms with Crippen LogP contribution in [0.2, 0.25) is 0 Å². The van der Waals surface area contributed by atoms with Gasteiger partial charge in [-0.1, -0.05) is 6.92 Å². The van der Waals surface area contributed by atoms with Gasteiger partial charge in [-0.05, 0) is 42.8 Å². The van der Waals surface area contributed by atoms with Crippen molar-refractivity contribution in [1.82, 2.24) is 4.98 Å². The average Bonchev–Trinajstić information content (AvgIpc) is 2.55. The molecule has 0 amide bonds. The van der Waals surface area contributed by atoms with Gasteiger partial charge in [0.25, 0.3) is 0 Å². The standard InChI is InChI=1S/C17H18N2O2/c1-3-14(12-17(20)13-8-10-18-11-9-13)19-15-4-6-16(21-2)7-5-15/h4-12,19H,3H2,1-2H3/b14-12+. The van der Waals surface area contributed by atoms with Crippen LogP contribution in [0.5, 0.6) is 5.75 Å². The average molecular weight is 282 g/mol. The molecule has 0 saturated heterocycles. The summed E-state index contributed by atoms with van der Waals surface area (Å²) >= 11 is 0. The van der Waals surface area contributed by atoms with Crippen LogP contribution in [0.3, 0.4) is 0 Å². The van der Waals surface area contributed by atoms with Gasteiger partial charge >= 0.3 is 0 Å². The van der Waals surface area contributed by atoms with Gasteiger partial charge in [0.15, 0.2) is 5.78 Å². The van der Waals surface area contributed by atoms with E-state index in [1.165, 1.54) is 0 Å². The molecule has 0 bridgehead atoms. The fraction of sp³-hybridized carbons (Fsp3) is 0.176. The molecule has 1 N–H and O–H groups in total. The van der Waals surface area contributed by atoms with Crippen LogP contribution in [0.1, 0.15) is 23.7 Å². The van der Waals surface area contributed by atoms with E-state index in [0.29, 0.717) is 5.56 Å². The molecule has 2 aromatic rings. The number of allylic oxidation sites excluding steroid dienone is 2. The molecule has 0 fully saturated rings. The molecule has 1 aromatic heterocycles. The van der Waals surface area contributed by atoms with Crippen molar-refractivity contribution in [2.75, 3.05) is 12.4 Å². The molecule has 0 aliphatic carbocycles. The van der Waals surface area contributed by atoms with E-state index >= 15 is 0 Å². The monoisotopic (exact) mass is 282 g/mol. The van der Waals surface area contributed by atoms with Crippen LogP contribution < -0.4 is 10.1 Å². The molecular formula is C17H18N2O2. The summed E-state index contributed by atoms with van der Waals surface area (Å²) in [4.78, 5) is 16.1. The Balaban J connectivity index is 2.11. The number of benzene rings is 1. The predicted octanol–water partition coefficient (Wildman–Crippen LogP) is 3.68. The second-order valence-corrected chi connectivity index (χ2v) is 4.48. The first-order chi connectivity index (χ1) is 10.2. The highest BCUT2D eigenvalue weighted by atomic mass is 16.5. The Kier molecular flexibility index (Phi) is 5.10. The zero-order chi connectivity index (χ0) is 15.1. The van der Waals surface area contributed by atoms with Crippen LogP contribution in [-0.2, 0) is 0 Å². The molecule has 0 radical (unpaired) electrons. The number of rotatable bonds is 6. The van der Waals surface area contributed by atoms with Gasteiger partial charge in [-0.25, -0.2) is 0 Å². The number of aromatic nitrogens is 1. The molecule has 1 heterocycles. The van der Waals surface area contributed by atoms with Crippen molar-refractivity contribution in [1.29, 1.82) is 0 Å². The second-order valence-electron chi connectivity index (χ2n) is 4.48. The molecule has 0 unspecified atom stereocenters. The summed E-state index contributed by atoms with van der Waals surface area (Å²) in [5, 5.41) is 3.25. The molecule has 0 aliphatic heterocycles. The van der Waals surface area contributed by atoms with E-state index in [1.54, 1.807) is 37.7 Å². The molecule has 4 nitrogen and oxygen atoms in total. The molecule has 4 heteroatoms. The Hall–Kier alpha value is -2.62. The van der Waals surface area contributed by atoms with Crippen molar-refractivity contribution >= 4 is 11.5 Å². The normalized spacial score (nSPS) is 11.0. The van der Waals surface area contributed by atoms with E-state index < -0.39 is 0 Å². The summed E-state index contributed by atoms with van der Waals surface area (Å²) in [5.74, 6) is 0.769. The summed E-state index contributed by atoms with van der Waals surface area (Å²) < 4.78 is 5.12. The highest BCUT2D eigenvalue weighted by Gasteiger charge is 2.04. The minimum atomic E-state index is -0.0322. The van der Waals surface area contributed by atoms with Crippen molar-refractivity contribution in [2.45, 2.75) is 13.3 Å². The van der Waals surface area contributed by atoms with Crippen LogP contribution in [0, 0.1) is 0 Å². The first-order valence-corrected chi connectivity index (χ1v) is 6.79. The van der Waals surface area contributed by atoms with Gasteiger partial charge in [-0.15, -0.1) is 0 Å². The Morgan fingerprint density at radius 1 is 1.19 bits per heavy atom. The lowest BCUT2D eigenvalue weighted by Gasteiger charge is -2.09. The van der Waals surface area contributed by atoms with Gasteiger partial charge in [-0.2, -0.15) is 0 Å². The fourth-order valence-electron chi connectivity index (χ4n) is 1.84. The van der Waals surface area contributed by atoms with Crippen LogP contribution in [0.4, 0.5) is 5.69 Å². The predicted molar refractivity (Wildman–Crippen MR) is 83.6 cm³/mol. The largest absolute Gasteiger partial charge is 0.497 e. The molecule has 0 atom stereocenters. The van der Waals surface area contributed by atoms with Crippen LogP contribution >= 0.6 is 0 Å². The zero-order valence-corrected chi connectivity index (χ0v) is 12.2. The molecule has 2 rings (SSSR count). The van der Waals surface area contributed by atoms with E-state index in [2.05, 4.69) is 10.3 Å². The van der Waals surface area contributed by atoms with Crippen molar-refractivity contribution in [3.8, 4) is 5.75 Å². The summed E-state index contributed by atoms with van der Waals surface area (Å²) in [5.41, 5.74) is 2.42. The third-order valence-electron chi connectivity index (χ3n) is 3.05. The van der Waals surface area contributed by atoms with Crippen LogP contribution in [-0.4, -0.2) is 17.9 Å². The first-order valence-electron chi connectivity index (χ1n) is 6.79. The highest BCUT2D eigenvalue weighted by molar-refractivity contribution is 6.05. The first kappa shape index (κ1) is 14.8. The summed E-state index contributed by atoms with van der Waals surface area (Å²) in [6.45, 7) is 2.00. The van der Waals surface area contributed by atoms with Gasteiger partial charge in [0.1, 0.15) is 5.75 Å². The minimum Gasteiger partial charge on any atom is -0.497 e. The Morgan fingerprint density at radius 3 is 2.43 bits per heavy atom. The van der Waals surface area contributed by atoms with Crippen LogP contribution in [0.15, 0.2) is 60.6 Å². The second kappa shape index (κ2) is 7.24. The SMILES string of the molecule is CC/C(=C\C(=O)c1ccncc1)Nc1ccc(OC)cc1. The number of nitrogens with zero attached hydrogens (tertiary/aromatic N) is 1. The lowest BCUT2D eigenvalue weighted by Crippen LogP contribution is -2.03. The van der Waals surface area contributed by atoms with Gasteiger partial charge in [0, 0.05) is 35.4 Å². The maximum absolute atomic E-state index is 12.1. The number of hydrogen-bond acceptors (Lipinski definition) is 4. The molecule has 108 valence electrons. The Labute approximate surface area is 124 Å². The maximum Gasteiger partial charge on any atom is 0.187 e. The summed E-state index contributed by atoms with van der Waals surface area (Å²) in [7, 11) is 1.63. The van der Waals surface area contributed by atoms with Crippen molar-refractivity contribution in [3.05, 3.63) is 66.1 Å². The summed E-state index contributed by atoms with van der Waals surface area (Å²) in [6, 6.07) is 11.0. The van der Waals surface area contributed by atoms with E-state index in [0.717, 1.165) is 23.6 Å². The third kappa shape index (κ3) is 4.18. The quantitative estimate of drug-likeness (QED) is 0.648. The number of ketones is 1. The molecule has 21 heavy (non-hydrogen) atoms. The lowest BCUT2D eigenvalue weighted by molar-refractivity contribution is 0.104. The lowest BCUT2D eigenvalue weighted by atomic mass is 10.1. The van der Waals surface area contributed by atoms with E-state index in [4.69, 9.17) is 4.74 Å². The van der Waals surface area contributed by atoms with Crippen molar-refractivity contribution in [3.63, 3.8) is 0 Å².